The first-order valence-corrected chi connectivity index (χ1v) is 9.41. The van der Waals surface area contributed by atoms with Gasteiger partial charge in [-0.1, -0.05) is 0 Å². The minimum atomic E-state index is 0.341. The molecule has 0 amide bonds. The summed E-state index contributed by atoms with van der Waals surface area (Å²) < 4.78 is 8.37. The van der Waals surface area contributed by atoms with Crippen LogP contribution in [0, 0.1) is 6.92 Å². The molecule has 4 rings (SSSR count). The van der Waals surface area contributed by atoms with Crippen LogP contribution >= 0.6 is 11.3 Å². The van der Waals surface area contributed by atoms with E-state index in [0.717, 1.165) is 30.9 Å². The predicted octanol–water partition coefficient (Wildman–Crippen LogP) is 3.42. The molecule has 0 radical (unpaired) electrons. The summed E-state index contributed by atoms with van der Waals surface area (Å²) in [6.45, 7) is 6.36. The summed E-state index contributed by atoms with van der Waals surface area (Å²) in [7, 11) is 0. The lowest BCUT2D eigenvalue weighted by molar-refractivity contribution is 0.0590. The zero-order valence-corrected chi connectivity index (χ0v) is 15.2. The Hall–Kier alpha value is -2.02. The number of rotatable bonds is 6. The van der Waals surface area contributed by atoms with E-state index in [2.05, 4.69) is 44.7 Å². The summed E-state index contributed by atoms with van der Waals surface area (Å²) in [4.78, 5) is 12.3. The van der Waals surface area contributed by atoms with Crippen molar-refractivity contribution < 1.29 is 4.74 Å². The molecule has 5 nitrogen and oxygen atoms in total. The van der Waals surface area contributed by atoms with Crippen LogP contribution in [0.15, 0.2) is 48.4 Å². The van der Waals surface area contributed by atoms with Gasteiger partial charge in [0.2, 0.25) is 0 Å². The van der Waals surface area contributed by atoms with E-state index in [9.17, 15) is 0 Å². The smallest absolute Gasteiger partial charge is 0.0798 e. The molecule has 130 valence electrons. The van der Waals surface area contributed by atoms with Crippen molar-refractivity contribution in [3.63, 3.8) is 0 Å². The van der Waals surface area contributed by atoms with Crippen LogP contribution in [0.5, 0.6) is 0 Å². The van der Waals surface area contributed by atoms with Crippen molar-refractivity contribution in [2.75, 3.05) is 13.2 Å². The summed E-state index contributed by atoms with van der Waals surface area (Å²) in [6, 6.07) is 8.68. The van der Waals surface area contributed by atoms with Gasteiger partial charge in [0.1, 0.15) is 0 Å². The molecule has 0 fully saturated rings. The highest BCUT2D eigenvalue weighted by Crippen LogP contribution is 2.25. The van der Waals surface area contributed by atoms with E-state index >= 15 is 0 Å². The second-order valence-electron chi connectivity index (χ2n) is 6.46. The van der Waals surface area contributed by atoms with Crippen LogP contribution in [-0.2, 0) is 24.4 Å². The molecule has 3 aromatic heterocycles. The van der Waals surface area contributed by atoms with Crippen LogP contribution in [-0.4, -0.2) is 32.6 Å². The van der Waals surface area contributed by atoms with Gasteiger partial charge in [-0.3, -0.25) is 9.88 Å². The van der Waals surface area contributed by atoms with E-state index in [-0.39, 0.29) is 0 Å². The van der Waals surface area contributed by atoms with Crippen molar-refractivity contribution in [2.45, 2.75) is 32.7 Å². The van der Waals surface area contributed by atoms with Gasteiger partial charge in [0, 0.05) is 48.8 Å². The Balaban J connectivity index is 1.41. The van der Waals surface area contributed by atoms with Crippen molar-refractivity contribution in [3.05, 3.63) is 70.2 Å². The fourth-order valence-electron chi connectivity index (χ4n) is 3.33. The predicted molar refractivity (Wildman–Crippen MR) is 98.3 cm³/mol. The molecule has 0 aromatic carbocycles. The molecule has 0 saturated carbocycles. The largest absolute Gasteiger partial charge is 0.375 e. The fourth-order valence-corrected chi connectivity index (χ4v) is 4.14. The number of aryl methyl sites for hydroxylation is 1. The first-order valence-electron chi connectivity index (χ1n) is 8.53. The number of ether oxygens (including phenoxy) is 1. The molecule has 0 unspecified atom stereocenters. The van der Waals surface area contributed by atoms with E-state index in [1.54, 1.807) is 11.3 Å². The van der Waals surface area contributed by atoms with Crippen molar-refractivity contribution >= 4 is 11.3 Å². The van der Waals surface area contributed by atoms with E-state index < -0.39 is 0 Å². The molecule has 25 heavy (non-hydrogen) atoms. The topological polar surface area (TPSA) is 43.2 Å². The zero-order valence-electron chi connectivity index (χ0n) is 14.3. The molecule has 0 spiro atoms. The monoisotopic (exact) mass is 354 g/mol. The average Bonchev–Trinajstić information content (AvgIpc) is 3.25. The molecule has 0 saturated heterocycles. The van der Waals surface area contributed by atoms with E-state index in [4.69, 9.17) is 4.74 Å². The number of pyridine rings is 1. The number of hydrogen-bond donors (Lipinski definition) is 0. The highest BCUT2D eigenvalue weighted by atomic mass is 32.1. The number of hydrogen-bond acceptors (Lipinski definition) is 5. The lowest BCUT2D eigenvalue weighted by Crippen LogP contribution is -2.38. The van der Waals surface area contributed by atoms with Crippen LogP contribution in [0.2, 0.25) is 0 Å². The first kappa shape index (κ1) is 16.4. The second kappa shape index (κ2) is 7.47. The van der Waals surface area contributed by atoms with E-state index in [0.29, 0.717) is 19.3 Å². The van der Waals surface area contributed by atoms with Gasteiger partial charge in [-0.05, 0) is 36.8 Å². The second-order valence-corrected chi connectivity index (χ2v) is 7.40. The van der Waals surface area contributed by atoms with Gasteiger partial charge >= 0.3 is 0 Å². The van der Waals surface area contributed by atoms with Crippen molar-refractivity contribution in [3.8, 4) is 0 Å². The Labute approximate surface area is 151 Å². The molecule has 4 heterocycles. The number of fused-ring (bicyclic) bond motifs is 1. The van der Waals surface area contributed by atoms with Crippen molar-refractivity contribution in [2.24, 2.45) is 0 Å². The zero-order chi connectivity index (χ0) is 17.1. The summed E-state index contributed by atoms with van der Waals surface area (Å²) in [6.07, 6.45) is 5.79. The molecular formula is C19H22N4OS. The van der Waals surface area contributed by atoms with Crippen LogP contribution in [0.4, 0.5) is 0 Å². The molecule has 1 atom stereocenters. The standard InChI is InChI=1S/C19H22N4OS/c1-15-19(25-14-21-15)11-22-9-17-3-2-8-23(17)18(10-22)13-24-12-16-4-6-20-7-5-16/h2-8,14,18H,9-13H2,1H3/t18-/m0/s1. The number of nitrogens with zero attached hydrogens (tertiary/aromatic N) is 4. The van der Waals surface area contributed by atoms with Gasteiger partial charge in [-0.25, -0.2) is 4.98 Å². The molecule has 0 aliphatic carbocycles. The maximum atomic E-state index is 6.01. The van der Waals surface area contributed by atoms with Crippen LogP contribution in [0.1, 0.15) is 27.9 Å². The van der Waals surface area contributed by atoms with Gasteiger partial charge in [0.25, 0.3) is 0 Å². The molecule has 1 aliphatic heterocycles. The third kappa shape index (κ3) is 3.81. The Kier molecular flexibility index (Phi) is 4.92. The normalized spacial score (nSPS) is 17.6. The molecule has 6 heteroatoms. The lowest BCUT2D eigenvalue weighted by atomic mass is 10.2. The maximum absolute atomic E-state index is 6.01. The van der Waals surface area contributed by atoms with Gasteiger partial charge in [0.15, 0.2) is 0 Å². The Morgan fingerprint density at radius 3 is 2.96 bits per heavy atom. The molecular weight excluding hydrogens is 332 g/mol. The fraction of sp³-hybridized carbons (Fsp3) is 0.368. The highest BCUT2D eigenvalue weighted by molar-refractivity contribution is 7.09. The summed E-state index contributed by atoms with van der Waals surface area (Å²) in [5, 5.41) is 0. The minimum absolute atomic E-state index is 0.341. The maximum Gasteiger partial charge on any atom is 0.0798 e. The number of thiazole rings is 1. The van der Waals surface area contributed by atoms with E-state index in [1.165, 1.54) is 10.6 Å². The van der Waals surface area contributed by atoms with Gasteiger partial charge in [-0.15, -0.1) is 11.3 Å². The van der Waals surface area contributed by atoms with E-state index in [1.807, 2.05) is 30.0 Å². The highest BCUT2D eigenvalue weighted by Gasteiger charge is 2.25. The Morgan fingerprint density at radius 1 is 1.28 bits per heavy atom. The van der Waals surface area contributed by atoms with Crippen molar-refractivity contribution in [1.29, 1.82) is 0 Å². The van der Waals surface area contributed by atoms with Gasteiger partial charge in [0.05, 0.1) is 30.5 Å². The Bertz CT molecular complexity index is 814. The van der Waals surface area contributed by atoms with Crippen molar-refractivity contribution in [1.82, 2.24) is 19.4 Å². The average molecular weight is 354 g/mol. The molecule has 0 bridgehead atoms. The lowest BCUT2D eigenvalue weighted by Gasteiger charge is -2.34. The molecule has 1 aliphatic rings. The molecule has 3 aromatic rings. The van der Waals surface area contributed by atoms with Gasteiger partial charge in [-0.2, -0.15) is 0 Å². The summed E-state index contributed by atoms with van der Waals surface area (Å²) in [5.74, 6) is 0. The van der Waals surface area contributed by atoms with Gasteiger partial charge < -0.3 is 9.30 Å². The van der Waals surface area contributed by atoms with Crippen LogP contribution in [0.3, 0.4) is 0 Å². The number of aromatic nitrogens is 3. The minimum Gasteiger partial charge on any atom is -0.375 e. The molecule has 0 N–H and O–H groups in total. The quantitative estimate of drug-likeness (QED) is 0.680. The first-order chi connectivity index (χ1) is 12.3. The van der Waals surface area contributed by atoms with Crippen LogP contribution < -0.4 is 0 Å². The third-order valence-electron chi connectivity index (χ3n) is 4.66. The Morgan fingerprint density at radius 2 is 2.16 bits per heavy atom. The summed E-state index contributed by atoms with van der Waals surface area (Å²) >= 11 is 1.75. The summed E-state index contributed by atoms with van der Waals surface area (Å²) in [5.41, 5.74) is 5.60. The van der Waals surface area contributed by atoms with Crippen LogP contribution in [0.25, 0.3) is 0 Å². The third-order valence-corrected chi connectivity index (χ3v) is 5.58. The SMILES string of the molecule is Cc1ncsc1CN1Cc2cccn2[C@H](COCc2ccncc2)C1.